The average molecular weight is 248 g/mol. The molecule has 1 aromatic rings. The minimum Gasteiger partial charge on any atom is -0.461 e. The zero-order valence-electron chi connectivity index (χ0n) is 10.8. The van der Waals surface area contributed by atoms with Gasteiger partial charge in [-0.2, -0.15) is 0 Å². The minimum absolute atomic E-state index is 0.0976. The molecule has 0 radical (unpaired) electrons. The van der Waals surface area contributed by atoms with E-state index in [1.165, 1.54) is 19.3 Å². The molecular weight excluding hydrogens is 228 g/mol. The summed E-state index contributed by atoms with van der Waals surface area (Å²) in [6, 6.07) is 4.87. The number of furan rings is 1. The highest BCUT2D eigenvalue weighted by molar-refractivity contribution is 5.94. The fraction of sp³-hybridized carbons (Fsp3) is 0.643. The monoisotopic (exact) mass is 248 g/mol. The number of carbonyl (C=O) groups excluding carboxylic acids is 1. The maximum absolute atomic E-state index is 12.0. The third-order valence-corrected chi connectivity index (χ3v) is 4.40. The van der Waals surface area contributed by atoms with E-state index in [2.05, 4.69) is 16.8 Å². The molecule has 2 saturated heterocycles. The summed E-state index contributed by atoms with van der Waals surface area (Å²) >= 11 is 0. The predicted molar refractivity (Wildman–Crippen MR) is 68.7 cm³/mol. The molecule has 2 aliphatic rings. The summed E-state index contributed by atoms with van der Waals surface area (Å²) in [4.78, 5) is 16.8. The molecule has 0 N–H and O–H groups in total. The van der Waals surface area contributed by atoms with Gasteiger partial charge >= 0.3 is 0 Å². The van der Waals surface area contributed by atoms with Gasteiger partial charge < -0.3 is 4.42 Å². The van der Waals surface area contributed by atoms with Crippen molar-refractivity contribution in [3.8, 4) is 0 Å². The van der Waals surface area contributed by atoms with Crippen LogP contribution in [0.1, 0.15) is 29.8 Å². The number of hydrogen-bond donors (Lipinski definition) is 0. The topological polar surface area (TPSA) is 36.7 Å². The predicted octanol–water partition coefficient (Wildman–Crippen LogP) is 1.63. The van der Waals surface area contributed by atoms with Crippen molar-refractivity contribution >= 4 is 5.78 Å². The Bertz CT molecular complexity index is 415. The molecule has 98 valence electrons. The van der Waals surface area contributed by atoms with Crippen molar-refractivity contribution in [1.29, 1.82) is 0 Å². The van der Waals surface area contributed by atoms with Gasteiger partial charge in [0.25, 0.3) is 0 Å². The molecule has 1 aromatic heterocycles. The lowest BCUT2D eigenvalue weighted by molar-refractivity contribution is 0.0896. The molecule has 3 heterocycles. The second-order valence-corrected chi connectivity index (χ2v) is 5.47. The molecule has 2 fully saturated rings. The summed E-state index contributed by atoms with van der Waals surface area (Å²) in [7, 11) is 2.22. The zero-order valence-corrected chi connectivity index (χ0v) is 10.8. The van der Waals surface area contributed by atoms with Gasteiger partial charge in [-0.05, 0) is 38.4 Å². The van der Waals surface area contributed by atoms with E-state index >= 15 is 0 Å². The van der Waals surface area contributed by atoms with Crippen LogP contribution in [0, 0.1) is 0 Å². The first-order chi connectivity index (χ1) is 8.74. The van der Waals surface area contributed by atoms with Crippen molar-refractivity contribution in [3.63, 3.8) is 0 Å². The van der Waals surface area contributed by atoms with Gasteiger partial charge in [-0.3, -0.25) is 14.6 Å². The maximum atomic E-state index is 12.0. The van der Waals surface area contributed by atoms with Crippen LogP contribution < -0.4 is 0 Å². The molecule has 0 amide bonds. The third kappa shape index (κ3) is 2.22. The molecule has 4 heteroatoms. The lowest BCUT2D eigenvalue weighted by Gasteiger charge is -2.24. The molecule has 2 atom stereocenters. The molecule has 0 spiro atoms. The number of likely N-dealkylation sites (tertiary alicyclic amines) is 1. The van der Waals surface area contributed by atoms with Gasteiger partial charge in [-0.1, -0.05) is 0 Å². The fourth-order valence-electron chi connectivity index (χ4n) is 3.24. The van der Waals surface area contributed by atoms with E-state index in [-0.39, 0.29) is 5.78 Å². The highest BCUT2D eigenvalue weighted by atomic mass is 16.3. The Labute approximate surface area is 108 Å². The van der Waals surface area contributed by atoms with E-state index < -0.39 is 0 Å². The Morgan fingerprint density at radius 1 is 1.39 bits per heavy atom. The Balaban J connectivity index is 1.62. The molecule has 3 rings (SSSR count). The molecule has 4 nitrogen and oxygen atoms in total. The summed E-state index contributed by atoms with van der Waals surface area (Å²) < 4.78 is 5.16. The van der Waals surface area contributed by atoms with Crippen molar-refractivity contribution < 1.29 is 9.21 Å². The maximum Gasteiger partial charge on any atom is 0.211 e. The van der Waals surface area contributed by atoms with Gasteiger partial charge in [-0.15, -0.1) is 0 Å². The Hall–Kier alpha value is -1.13. The van der Waals surface area contributed by atoms with Crippen LogP contribution in [0.5, 0.6) is 0 Å². The summed E-state index contributed by atoms with van der Waals surface area (Å²) in [6.45, 7) is 2.53. The number of fused-ring (bicyclic) bond motifs is 2. The van der Waals surface area contributed by atoms with Crippen LogP contribution in [-0.4, -0.2) is 54.3 Å². The average Bonchev–Trinajstić information content (AvgIpc) is 2.93. The Morgan fingerprint density at radius 2 is 2.22 bits per heavy atom. The molecule has 18 heavy (non-hydrogen) atoms. The van der Waals surface area contributed by atoms with E-state index in [1.807, 2.05) is 0 Å². The number of rotatable bonds is 3. The molecule has 2 aliphatic heterocycles. The van der Waals surface area contributed by atoms with Crippen LogP contribution >= 0.6 is 0 Å². The van der Waals surface area contributed by atoms with Crippen molar-refractivity contribution in [2.75, 3.05) is 26.7 Å². The Morgan fingerprint density at radius 3 is 3.00 bits per heavy atom. The summed E-state index contributed by atoms with van der Waals surface area (Å²) in [5.41, 5.74) is 0. The van der Waals surface area contributed by atoms with E-state index in [0.717, 1.165) is 19.1 Å². The summed E-state index contributed by atoms with van der Waals surface area (Å²) in [5, 5.41) is 0. The molecule has 0 saturated carbocycles. The number of nitrogens with zero attached hydrogens (tertiary/aromatic N) is 2. The van der Waals surface area contributed by atoms with Crippen LogP contribution in [0.4, 0.5) is 0 Å². The van der Waals surface area contributed by atoms with Gasteiger partial charge in [-0.25, -0.2) is 0 Å². The smallest absolute Gasteiger partial charge is 0.211 e. The number of Topliss-reactive ketones (excluding diaryl/α,β-unsaturated/α-hetero) is 1. The van der Waals surface area contributed by atoms with Crippen molar-refractivity contribution in [1.82, 2.24) is 9.80 Å². The number of likely N-dealkylation sites (N-methyl/N-ethyl adjacent to an activating group) is 1. The minimum atomic E-state index is 0.0976. The van der Waals surface area contributed by atoms with Crippen molar-refractivity contribution in [2.45, 2.75) is 31.3 Å². The van der Waals surface area contributed by atoms with E-state index in [9.17, 15) is 4.79 Å². The van der Waals surface area contributed by atoms with E-state index in [0.29, 0.717) is 18.3 Å². The normalized spacial score (nSPS) is 29.4. The molecular formula is C14H20N2O2. The van der Waals surface area contributed by atoms with Gasteiger partial charge in [0.15, 0.2) is 5.76 Å². The van der Waals surface area contributed by atoms with E-state index in [1.54, 1.807) is 18.4 Å². The van der Waals surface area contributed by atoms with Crippen LogP contribution in [-0.2, 0) is 0 Å². The van der Waals surface area contributed by atoms with Crippen LogP contribution in [0.2, 0.25) is 0 Å². The lowest BCUT2D eigenvalue weighted by atomic mass is 10.1. The molecule has 2 bridgehead atoms. The largest absolute Gasteiger partial charge is 0.461 e. The molecule has 0 aromatic carbocycles. The van der Waals surface area contributed by atoms with E-state index in [4.69, 9.17) is 4.42 Å². The standard InChI is InChI=1S/C14H20N2O2/c1-15-11-4-5-12(15)9-16(7-6-11)10-13(17)14-3-2-8-18-14/h2-3,8,11-12H,4-7,9-10H2,1H3. The third-order valence-electron chi connectivity index (χ3n) is 4.40. The molecule has 0 aliphatic carbocycles. The second kappa shape index (κ2) is 4.86. The van der Waals surface area contributed by atoms with Gasteiger partial charge in [0.2, 0.25) is 5.78 Å². The number of ketones is 1. The van der Waals surface area contributed by atoms with Crippen LogP contribution in [0.3, 0.4) is 0 Å². The zero-order chi connectivity index (χ0) is 12.5. The second-order valence-electron chi connectivity index (χ2n) is 5.47. The van der Waals surface area contributed by atoms with Gasteiger partial charge in [0.1, 0.15) is 0 Å². The first-order valence-electron chi connectivity index (χ1n) is 6.75. The van der Waals surface area contributed by atoms with Gasteiger partial charge in [0.05, 0.1) is 12.8 Å². The fourth-order valence-corrected chi connectivity index (χ4v) is 3.24. The Kier molecular flexibility index (Phi) is 3.22. The lowest BCUT2D eigenvalue weighted by Crippen LogP contribution is -2.38. The first-order valence-corrected chi connectivity index (χ1v) is 6.75. The van der Waals surface area contributed by atoms with Crippen molar-refractivity contribution in [2.24, 2.45) is 0 Å². The quantitative estimate of drug-likeness (QED) is 0.762. The van der Waals surface area contributed by atoms with Crippen LogP contribution in [0.15, 0.2) is 22.8 Å². The number of carbonyl (C=O) groups is 1. The summed E-state index contributed by atoms with van der Waals surface area (Å²) in [6.07, 6.45) is 5.33. The SMILES string of the molecule is CN1C2CCC1CN(CC(=O)c1ccco1)CC2. The number of hydrogen-bond acceptors (Lipinski definition) is 4. The molecule has 2 unspecified atom stereocenters. The first kappa shape index (κ1) is 11.9. The van der Waals surface area contributed by atoms with Crippen molar-refractivity contribution in [3.05, 3.63) is 24.2 Å². The highest BCUT2D eigenvalue weighted by Gasteiger charge is 2.35. The highest BCUT2D eigenvalue weighted by Crippen LogP contribution is 2.28. The summed E-state index contributed by atoms with van der Waals surface area (Å²) in [5.74, 6) is 0.582. The van der Waals surface area contributed by atoms with Gasteiger partial charge in [0, 0.05) is 25.2 Å². The van der Waals surface area contributed by atoms with Crippen LogP contribution in [0.25, 0.3) is 0 Å².